The lowest BCUT2D eigenvalue weighted by atomic mass is 10.0. The summed E-state index contributed by atoms with van der Waals surface area (Å²) in [7, 11) is 0. The molecular weight excluding hydrogens is 845 g/mol. The van der Waals surface area contributed by atoms with Crippen molar-refractivity contribution in [2.24, 2.45) is 0 Å². The maximum atomic E-state index is 12.8. The Bertz CT molecular complexity index is 1210. The minimum atomic E-state index is -0.830. The summed E-state index contributed by atoms with van der Waals surface area (Å²) in [5.41, 5.74) is 0. The van der Waals surface area contributed by atoms with Gasteiger partial charge in [-0.25, -0.2) is 9.78 Å². The zero-order valence-corrected chi connectivity index (χ0v) is 43.3. The largest absolute Gasteiger partial charge is 0.462 e. The molecule has 3 atom stereocenters. The van der Waals surface area contributed by atoms with Crippen LogP contribution < -0.4 is 0 Å². The molecule has 10 heteroatoms. The third-order valence-corrected chi connectivity index (χ3v) is 12.2. The quantitative estimate of drug-likeness (QED) is 0.0151. The molecule has 0 amide bonds. The molecule has 0 heterocycles. The zero-order valence-electron chi connectivity index (χ0n) is 43.3. The molecule has 0 aliphatic rings. The molecule has 0 rings (SSSR count). The number of carbonyl (C=O) groups excluding carboxylic acids is 3. The number of esters is 3. The SMILES string of the molecule is CCCCCCCCCCCCCCCCCC(=O)OCC(COC(=O)CCCCCCC/C=C\C=C\[C@H](CCCCC)OO)OC(=O)CCCCCCC/C=C\C=C\[C@H](CCCCC)OO. The maximum Gasteiger partial charge on any atom is 0.306 e. The molecule has 10 nitrogen and oxygen atoms in total. The van der Waals surface area contributed by atoms with E-state index in [9.17, 15) is 14.4 Å². The molecule has 390 valence electrons. The average molecular weight is 947 g/mol. The summed E-state index contributed by atoms with van der Waals surface area (Å²) in [6.45, 7) is 6.32. The molecule has 0 saturated heterocycles. The number of hydrogen-bond donors (Lipinski definition) is 2. The lowest BCUT2D eigenvalue weighted by Crippen LogP contribution is -2.30. The summed E-state index contributed by atoms with van der Waals surface area (Å²) in [6.07, 6.45) is 54.1. The number of hydrogen-bond acceptors (Lipinski definition) is 10. The van der Waals surface area contributed by atoms with Crippen molar-refractivity contribution in [3.8, 4) is 0 Å². The molecule has 0 aromatic rings. The molecule has 0 aromatic heterocycles. The van der Waals surface area contributed by atoms with E-state index in [2.05, 4.69) is 42.7 Å². The van der Waals surface area contributed by atoms with Crippen LogP contribution in [0.5, 0.6) is 0 Å². The van der Waals surface area contributed by atoms with Gasteiger partial charge in [-0.2, -0.15) is 0 Å². The Morgan fingerprint density at radius 2 is 0.701 bits per heavy atom. The van der Waals surface area contributed by atoms with E-state index in [4.69, 9.17) is 24.7 Å². The second-order valence-electron chi connectivity index (χ2n) is 18.7. The van der Waals surface area contributed by atoms with Crippen molar-refractivity contribution in [3.63, 3.8) is 0 Å². The van der Waals surface area contributed by atoms with E-state index < -0.39 is 6.10 Å². The van der Waals surface area contributed by atoms with Crippen LogP contribution in [0.3, 0.4) is 0 Å². The Morgan fingerprint density at radius 1 is 0.388 bits per heavy atom. The third kappa shape index (κ3) is 48.0. The summed E-state index contributed by atoms with van der Waals surface area (Å²) in [4.78, 5) is 47.2. The predicted octanol–water partition coefficient (Wildman–Crippen LogP) is 16.8. The zero-order chi connectivity index (χ0) is 48.9. The van der Waals surface area contributed by atoms with Crippen molar-refractivity contribution >= 4 is 17.9 Å². The lowest BCUT2D eigenvalue weighted by molar-refractivity contribution is -0.267. The smallest absolute Gasteiger partial charge is 0.306 e. The second kappa shape index (κ2) is 52.6. The second-order valence-corrected chi connectivity index (χ2v) is 18.7. The molecule has 0 fully saturated rings. The lowest BCUT2D eigenvalue weighted by Gasteiger charge is -2.18. The first-order valence-electron chi connectivity index (χ1n) is 27.7. The van der Waals surface area contributed by atoms with Gasteiger partial charge in [0.1, 0.15) is 25.4 Å². The van der Waals surface area contributed by atoms with Gasteiger partial charge in [-0.15, -0.1) is 0 Å². The standard InChI is InChI=1S/C57H102O10/c1-4-7-10-11-12-13-14-15-16-17-18-23-28-33-40-47-55(58)63-50-54(65-57(60)49-42-35-30-25-20-22-27-32-39-46-53(67-62)44-37-9-6-3)51-64-56(59)48-41-34-29-24-19-21-26-31-38-45-52(66-61)43-36-8-5-2/h26-27,31-32,38-39,45-46,52-54,61-62H,4-25,28-30,33-37,40-44,47-51H2,1-3H3/b31-26-,32-27-,45-38+,46-39+/t52-,53-,54?/m0/s1. The van der Waals surface area contributed by atoms with Gasteiger partial charge in [-0.05, 0) is 57.8 Å². The van der Waals surface area contributed by atoms with E-state index >= 15 is 0 Å². The summed E-state index contributed by atoms with van der Waals surface area (Å²) in [6, 6.07) is 0. The van der Waals surface area contributed by atoms with Crippen LogP contribution in [0.25, 0.3) is 0 Å². The van der Waals surface area contributed by atoms with Crippen LogP contribution in [-0.4, -0.2) is 59.9 Å². The molecule has 1 unspecified atom stereocenters. The van der Waals surface area contributed by atoms with Crippen molar-refractivity contribution in [1.82, 2.24) is 0 Å². The number of ether oxygens (including phenoxy) is 3. The minimum absolute atomic E-state index is 0.120. The van der Waals surface area contributed by atoms with Gasteiger partial charge in [0.15, 0.2) is 6.10 Å². The Hall–Kier alpha value is -2.79. The van der Waals surface area contributed by atoms with E-state index in [1.807, 2.05) is 36.5 Å². The Kier molecular flexibility index (Phi) is 50.4. The van der Waals surface area contributed by atoms with Gasteiger partial charge in [0.25, 0.3) is 0 Å². The predicted molar refractivity (Wildman–Crippen MR) is 276 cm³/mol. The van der Waals surface area contributed by atoms with Gasteiger partial charge in [-0.1, -0.05) is 236 Å². The fourth-order valence-electron chi connectivity index (χ4n) is 7.93. The van der Waals surface area contributed by atoms with Gasteiger partial charge in [0.2, 0.25) is 0 Å². The van der Waals surface area contributed by atoms with Crippen LogP contribution in [0.4, 0.5) is 0 Å². The highest BCUT2D eigenvalue weighted by atomic mass is 17.1. The molecule has 0 radical (unpaired) electrons. The van der Waals surface area contributed by atoms with Crippen molar-refractivity contribution < 1.29 is 48.9 Å². The van der Waals surface area contributed by atoms with Crippen LogP contribution in [0, 0.1) is 0 Å². The van der Waals surface area contributed by atoms with Crippen LogP contribution >= 0.6 is 0 Å². The fourth-order valence-corrected chi connectivity index (χ4v) is 7.93. The van der Waals surface area contributed by atoms with Crippen LogP contribution in [0.2, 0.25) is 0 Å². The normalized spacial score (nSPS) is 13.3. The molecule has 0 aliphatic carbocycles. The van der Waals surface area contributed by atoms with E-state index in [0.29, 0.717) is 19.3 Å². The monoisotopic (exact) mass is 947 g/mol. The molecular formula is C57H102O10. The van der Waals surface area contributed by atoms with Crippen molar-refractivity contribution in [3.05, 3.63) is 48.6 Å². The maximum absolute atomic E-state index is 12.8. The average Bonchev–Trinajstić information content (AvgIpc) is 3.33. The molecule has 2 N–H and O–H groups in total. The highest BCUT2D eigenvalue weighted by Crippen LogP contribution is 2.16. The molecule has 0 saturated carbocycles. The van der Waals surface area contributed by atoms with E-state index in [-0.39, 0.29) is 49.8 Å². The number of allylic oxidation sites excluding steroid dienone is 6. The van der Waals surface area contributed by atoms with E-state index in [0.717, 1.165) is 141 Å². The fraction of sp³-hybridized carbons (Fsp3) is 0.807. The van der Waals surface area contributed by atoms with Crippen molar-refractivity contribution in [2.45, 2.75) is 283 Å². The van der Waals surface area contributed by atoms with Gasteiger partial charge in [0.05, 0.1) is 0 Å². The van der Waals surface area contributed by atoms with Crippen LogP contribution in [0.1, 0.15) is 265 Å². The number of carbonyl (C=O) groups is 3. The summed E-state index contributed by atoms with van der Waals surface area (Å²) in [5.74, 6) is -1.02. The first-order chi connectivity index (χ1) is 32.9. The summed E-state index contributed by atoms with van der Waals surface area (Å²) >= 11 is 0. The van der Waals surface area contributed by atoms with Crippen LogP contribution in [-0.2, 0) is 38.4 Å². The topological polar surface area (TPSA) is 138 Å². The molecule has 0 spiro atoms. The van der Waals surface area contributed by atoms with Gasteiger partial charge in [-0.3, -0.25) is 24.9 Å². The van der Waals surface area contributed by atoms with E-state index in [1.54, 1.807) is 0 Å². The Labute approximate surface area is 410 Å². The van der Waals surface area contributed by atoms with Crippen LogP contribution in [0.15, 0.2) is 48.6 Å². The first-order valence-corrected chi connectivity index (χ1v) is 27.7. The Balaban J connectivity index is 4.55. The molecule has 0 bridgehead atoms. The third-order valence-electron chi connectivity index (χ3n) is 12.2. The summed E-state index contributed by atoms with van der Waals surface area (Å²) in [5, 5.41) is 18.1. The summed E-state index contributed by atoms with van der Waals surface area (Å²) < 4.78 is 16.8. The van der Waals surface area contributed by atoms with Gasteiger partial charge >= 0.3 is 17.9 Å². The highest BCUT2D eigenvalue weighted by Gasteiger charge is 2.19. The molecule has 0 aromatic carbocycles. The van der Waals surface area contributed by atoms with Gasteiger partial charge in [0, 0.05) is 19.3 Å². The highest BCUT2D eigenvalue weighted by molar-refractivity contribution is 5.71. The Morgan fingerprint density at radius 3 is 1.06 bits per heavy atom. The number of unbranched alkanes of at least 4 members (excludes halogenated alkanes) is 28. The molecule has 0 aliphatic heterocycles. The number of rotatable bonds is 51. The first kappa shape index (κ1) is 64.2. The van der Waals surface area contributed by atoms with E-state index in [1.165, 1.54) is 77.0 Å². The minimum Gasteiger partial charge on any atom is -0.462 e. The van der Waals surface area contributed by atoms with Gasteiger partial charge < -0.3 is 14.2 Å². The van der Waals surface area contributed by atoms with Crippen molar-refractivity contribution in [2.75, 3.05) is 13.2 Å². The molecule has 67 heavy (non-hydrogen) atoms. The van der Waals surface area contributed by atoms with Crippen molar-refractivity contribution in [1.29, 1.82) is 0 Å².